The van der Waals surface area contributed by atoms with E-state index in [4.69, 9.17) is 9.97 Å². The summed E-state index contributed by atoms with van der Waals surface area (Å²) in [5, 5.41) is 5.99. The number of anilines is 1. The van der Waals surface area contributed by atoms with Gasteiger partial charge in [-0.2, -0.15) is 0 Å². The minimum atomic E-state index is 0.790. The van der Waals surface area contributed by atoms with Crippen molar-refractivity contribution in [1.82, 2.24) is 29.7 Å². The molecule has 0 amide bonds. The summed E-state index contributed by atoms with van der Waals surface area (Å²) in [5.41, 5.74) is 3.61. The number of nitrogens with one attached hydrogen (secondary N) is 2. The first-order valence-corrected chi connectivity index (χ1v) is 12.3. The molecule has 0 radical (unpaired) electrons. The molecule has 0 bridgehead atoms. The Hall–Kier alpha value is -3.00. The van der Waals surface area contributed by atoms with Crippen molar-refractivity contribution >= 4 is 27.6 Å². The maximum Gasteiger partial charge on any atom is 0.145 e. The summed E-state index contributed by atoms with van der Waals surface area (Å²) in [5.74, 6) is 1.86. The lowest BCUT2D eigenvalue weighted by Gasteiger charge is -2.34. The number of fused-ring (bicyclic) bond motifs is 2. The van der Waals surface area contributed by atoms with Gasteiger partial charge in [-0.3, -0.25) is 9.80 Å². The van der Waals surface area contributed by atoms with E-state index in [1.54, 1.807) is 0 Å². The van der Waals surface area contributed by atoms with Gasteiger partial charge in [-0.15, -0.1) is 0 Å². The molecule has 7 nitrogen and oxygen atoms in total. The predicted octanol–water partition coefficient (Wildman–Crippen LogP) is 3.79. The van der Waals surface area contributed by atoms with E-state index in [0.29, 0.717) is 0 Å². The Labute approximate surface area is 201 Å². The Morgan fingerprint density at radius 3 is 2.38 bits per heavy atom. The van der Waals surface area contributed by atoms with Gasteiger partial charge in [0.1, 0.15) is 11.6 Å². The highest BCUT2D eigenvalue weighted by Crippen LogP contribution is 2.22. The molecule has 3 heterocycles. The van der Waals surface area contributed by atoms with Crippen molar-refractivity contribution in [1.29, 1.82) is 0 Å². The first-order valence-electron chi connectivity index (χ1n) is 12.3. The molecule has 0 unspecified atom stereocenters. The molecule has 4 aromatic rings. The summed E-state index contributed by atoms with van der Waals surface area (Å²) in [6.45, 7) is 7.93. The molecule has 178 valence electrons. The maximum absolute atomic E-state index is 4.93. The van der Waals surface area contributed by atoms with Crippen LogP contribution in [0.2, 0.25) is 0 Å². The Bertz CT molecular complexity index is 1220. The van der Waals surface area contributed by atoms with Crippen LogP contribution in [0.1, 0.15) is 17.8 Å². The summed E-state index contributed by atoms with van der Waals surface area (Å²) >= 11 is 0. The fourth-order valence-corrected chi connectivity index (χ4v) is 4.74. The molecule has 1 aliphatic rings. The molecule has 0 saturated carbocycles. The average molecular weight is 458 g/mol. The molecule has 2 aromatic heterocycles. The van der Waals surface area contributed by atoms with Crippen molar-refractivity contribution < 1.29 is 0 Å². The second-order valence-corrected chi connectivity index (χ2v) is 9.50. The number of hydrogen-bond acceptors (Lipinski definition) is 6. The van der Waals surface area contributed by atoms with Crippen molar-refractivity contribution in [3.05, 3.63) is 66.1 Å². The monoisotopic (exact) mass is 457 g/mol. The fourth-order valence-electron chi connectivity index (χ4n) is 4.74. The number of aromatic amines is 1. The lowest BCUT2D eigenvalue weighted by Crippen LogP contribution is -2.45. The van der Waals surface area contributed by atoms with E-state index in [1.807, 2.05) is 0 Å². The van der Waals surface area contributed by atoms with Crippen LogP contribution in [0.25, 0.3) is 21.8 Å². The Kier molecular flexibility index (Phi) is 7.04. The molecule has 2 N–H and O–H groups in total. The van der Waals surface area contributed by atoms with Crippen molar-refractivity contribution in [3.8, 4) is 0 Å². The Balaban J connectivity index is 1.20. The van der Waals surface area contributed by atoms with Crippen LogP contribution >= 0.6 is 0 Å². The first kappa shape index (κ1) is 22.8. The summed E-state index contributed by atoms with van der Waals surface area (Å²) in [4.78, 5) is 20.4. The molecular weight excluding hydrogens is 422 g/mol. The van der Waals surface area contributed by atoms with Gasteiger partial charge in [-0.25, -0.2) is 9.97 Å². The zero-order valence-corrected chi connectivity index (χ0v) is 20.3. The normalized spacial score (nSPS) is 15.5. The van der Waals surface area contributed by atoms with Crippen LogP contribution in [0.5, 0.6) is 0 Å². The van der Waals surface area contributed by atoms with Crippen LogP contribution < -0.4 is 5.32 Å². The van der Waals surface area contributed by atoms with Crippen molar-refractivity contribution in [2.45, 2.75) is 19.5 Å². The van der Waals surface area contributed by atoms with Crippen LogP contribution in [-0.4, -0.2) is 83.0 Å². The van der Waals surface area contributed by atoms with E-state index in [-0.39, 0.29) is 0 Å². The van der Waals surface area contributed by atoms with Gasteiger partial charge in [0.2, 0.25) is 0 Å². The summed E-state index contributed by atoms with van der Waals surface area (Å²) in [7, 11) is 4.22. The SMILES string of the molecule is CN(C)CCCNc1nc(CN2CCN(Cc3c[nH]c4ccccc34)CC2)nc2ccccc12. The molecule has 34 heavy (non-hydrogen) atoms. The van der Waals surface area contributed by atoms with Gasteiger partial charge < -0.3 is 15.2 Å². The number of H-pyrrole nitrogens is 1. The van der Waals surface area contributed by atoms with Crippen LogP contribution in [0, 0.1) is 0 Å². The molecule has 1 fully saturated rings. The zero-order valence-electron chi connectivity index (χ0n) is 20.3. The van der Waals surface area contributed by atoms with E-state index in [1.165, 1.54) is 16.5 Å². The van der Waals surface area contributed by atoms with Gasteiger partial charge >= 0.3 is 0 Å². The van der Waals surface area contributed by atoms with E-state index in [9.17, 15) is 0 Å². The molecule has 5 rings (SSSR count). The number of hydrogen-bond donors (Lipinski definition) is 2. The number of nitrogens with zero attached hydrogens (tertiary/aromatic N) is 5. The van der Waals surface area contributed by atoms with E-state index in [0.717, 1.165) is 81.3 Å². The standard InChI is InChI=1S/C27H35N7/c1-32(2)13-7-12-28-27-23-9-4-6-11-25(23)30-26(31-27)20-34-16-14-33(15-17-34)19-21-18-29-24-10-5-3-8-22(21)24/h3-6,8-11,18,29H,7,12-17,19-20H2,1-2H3,(H,28,30,31). The Morgan fingerprint density at radius 2 is 1.59 bits per heavy atom. The highest BCUT2D eigenvalue weighted by Gasteiger charge is 2.19. The fraction of sp³-hybridized carbons (Fsp3) is 0.407. The van der Waals surface area contributed by atoms with E-state index < -0.39 is 0 Å². The van der Waals surface area contributed by atoms with Gasteiger partial charge in [0.05, 0.1) is 12.1 Å². The molecular formula is C27H35N7. The van der Waals surface area contributed by atoms with Crippen LogP contribution in [0.4, 0.5) is 5.82 Å². The zero-order chi connectivity index (χ0) is 23.3. The van der Waals surface area contributed by atoms with Crippen molar-refractivity contribution in [3.63, 3.8) is 0 Å². The smallest absolute Gasteiger partial charge is 0.145 e. The summed E-state index contributed by atoms with van der Waals surface area (Å²) < 4.78 is 0. The molecule has 1 saturated heterocycles. The number of aromatic nitrogens is 3. The summed E-state index contributed by atoms with van der Waals surface area (Å²) in [6, 6.07) is 16.9. The molecule has 7 heteroatoms. The number of rotatable bonds is 9. The van der Waals surface area contributed by atoms with Gasteiger partial charge in [0, 0.05) is 61.8 Å². The molecule has 0 spiro atoms. The highest BCUT2D eigenvalue weighted by molar-refractivity contribution is 5.89. The molecule has 0 atom stereocenters. The quantitative estimate of drug-likeness (QED) is 0.373. The minimum absolute atomic E-state index is 0.790. The second kappa shape index (κ2) is 10.5. The predicted molar refractivity (Wildman–Crippen MR) is 140 cm³/mol. The molecule has 1 aliphatic heterocycles. The van der Waals surface area contributed by atoms with E-state index in [2.05, 4.69) is 93.8 Å². The molecule has 0 aliphatic carbocycles. The summed E-state index contributed by atoms with van der Waals surface area (Å²) in [6.07, 6.45) is 3.24. The van der Waals surface area contributed by atoms with Crippen molar-refractivity contribution in [2.24, 2.45) is 0 Å². The Morgan fingerprint density at radius 1 is 0.882 bits per heavy atom. The molecule has 2 aromatic carbocycles. The third kappa shape index (κ3) is 5.38. The van der Waals surface area contributed by atoms with Crippen molar-refractivity contribution in [2.75, 3.05) is 58.7 Å². The number of benzene rings is 2. The third-order valence-electron chi connectivity index (χ3n) is 6.62. The number of para-hydroxylation sites is 2. The lowest BCUT2D eigenvalue weighted by molar-refractivity contribution is 0.120. The van der Waals surface area contributed by atoms with Crippen LogP contribution in [0.15, 0.2) is 54.7 Å². The van der Waals surface area contributed by atoms with Crippen LogP contribution in [0.3, 0.4) is 0 Å². The van der Waals surface area contributed by atoms with Crippen LogP contribution in [-0.2, 0) is 13.1 Å². The second-order valence-electron chi connectivity index (χ2n) is 9.50. The van der Waals surface area contributed by atoms with Gasteiger partial charge in [-0.05, 0) is 50.8 Å². The van der Waals surface area contributed by atoms with E-state index >= 15 is 0 Å². The first-order chi connectivity index (χ1) is 16.7. The topological polar surface area (TPSA) is 63.3 Å². The largest absolute Gasteiger partial charge is 0.369 e. The lowest BCUT2D eigenvalue weighted by atomic mass is 10.1. The highest BCUT2D eigenvalue weighted by atomic mass is 15.3. The van der Waals surface area contributed by atoms with Gasteiger partial charge in [-0.1, -0.05) is 30.3 Å². The van der Waals surface area contributed by atoms with Gasteiger partial charge in [0.25, 0.3) is 0 Å². The minimum Gasteiger partial charge on any atom is -0.369 e. The number of piperazine rings is 1. The van der Waals surface area contributed by atoms with Gasteiger partial charge in [0.15, 0.2) is 0 Å². The average Bonchev–Trinajstić information content (AvgIpc) is 3.25. The third-order valence-corrected chi connectivity index (χ3v) is 6.62. The maximum atomic E-state index is 4.93.